The van der Waals surface area contributed by atoms with Crippen molar-refractivity contribution < 1.29 is 34.8 Å². The molecule has 0 aromatic carbocycles. The van der Waals surface area contributed by atoms with Crippen LogP contribution in [0.15, 0.2) is 0 Å². The Morgan fingerprint density at radius 1 is 0.700 bits per heavy atom. The Balaban J connectivity index is 1.50. The van der Waals surface area contributed by atoms with Gasteiger partial charge in [-0.1, -0.05) is 0 Å². The number of hydrogen-bond acceptors (Lipinski definition) is 10. The van der Waals surface area contributed by atoms with Crippen molar-refractivity contribution in [3.05, 3.63) is 0 Å². The number of piperidine rings is 2. The van der Waals surface area contributed by atoms with E-state index in [4.69, 9.17) is 8.37 Å². The third-order valence-electron chi connectivity index (χ3n) is 5.40. The maximum absolute atomic E-state index is 12.6. The molecule has 172 valence electrons. The number of carbonyl (C=O) groups is 2. The first-order chi connectivity index (χ1) is 13.9. The van der Waals surface area contributed by atoms with E-state index in [0.717, 1.165) is 12.5 Å². The van der Waals surface area contributed by atoms with E-state index in [2.05, 4.69) is 21.3 Å². The maximum atomic E-state index is 12.6. The molecule has 0 aliphatic carbocycles. The average Bonchev–Trinajstić information content (AvgIpc) is 2.62. The molecule has 3 saturated heterocycles. The zero-order chi connectivity index (χ0) is 22.1. The molecule has 3 aliphatic heterocycles. The van der Waals surface area contributed by atoms with Gasteiger partial charge in [0.05, 0.1) is 24.7 Å². The monoisotopic (exact) mass is 468 g/mol. The van der Waals surface area contributed by atoms with Crippen LogP contribution < -0.4 is 21.3 Å². The van der Waals surface area contributed by atoms with Gasteiger partial charge < -0.3 is 21.3 Å². The highest BCUT2D eigenvalue weighted by atomic mass is 32.2. The summed E-state index contributed by atoms with van der Waals surface area (Å²) in [5, 5.41) is 11.7. The molecule has 3 rings (SSSR count). The minimum atomic E-state index is -3.56. The van der Waals surface area contributed by atoms with Gasteiger partial charge in [-0.2, -0.15) is 16.8 Å². The van der Waals surface area contributed by atoms with Crippen LogP contribution in [0.25, 0.3) is 0 Å². The molecule has 0 spiro atoms. The standard InChI is InChI=1S/C16H28N4O8S2/c1-29(23,24)27-9-3-5-11(17-7-9)13-15(21)20-14(16(22)19-13)12-6-4-10(8-18-12)28-30(2,25)26/h9-14,17-18H,3-8H2,1-2H3,(H,19,22)(H,20,21). The van der Waals surface area contributed by atoms with Crippen LogP contribution in [0.1, 0.15) is 25.7 Å². The Kier molecular flexibility index (Phi) is 7.04. The van der Waals surface area contributed by atoms with Gasteiger partial charge >= 0.3 is 0 Å². The molecular weight excluding hydrogens is 440 g/mol. The second-order valence-electron chi connectivity index (χ2n) is 8.00. The molecule has 0 radical (unpaired) electrons. The van der Waals surface area contributed by atoms with Crippen LogP contribution in [0.4, 0.5) is 0 Å². The van der Waals surface area contributed by atoms with Crippen molar-refractivity contribution in [3.63, 3.8) is 0 Å². The van der Waals surface area contributed by atoms with Crippen molar-refractivity contribution >= 4 is 32.1 Å². The zero-order valence-electron chi connectivity index (χ0n) is 16.8. The number of piperazine rings is 1. The fourth-order valence-electron chi connectivity index (χ4n) is 4.12. The summed E-state index contributed by atoms with van der Waals surface area (Å²) in [6.07, 6.45) is 2.80. The van der Waals surface area contributed by atoms with E-state index in [1.54, 1.807) is 0 Å². The Morgan fingerprint density at radius 2 is 1.07 bits per heavy atom. The zero-order valence-corrected chi connectivity index (χ0v) is 18.4. The molecule has 6 unspecified atom stereocenters. The van der Waals surface area contributed by atoms with Crippen molar-refractivity contribution in [2.24, 2.45) is 0 Å². The Bertz CT molecular complexity index is 790. The fourth-order valence-corrected chi connectivity index (χ4v) is 5.43. The van der Waals surface area contributed by atoms with E-state index >= 15 is 0 Å². The number of rotatable bonds is 6. The third-order valence-corrected chi connectivity index (χ3v) is 6.65. The summed E-state index contributed by atoms with van der Waals surface area (Å²) in [5.74, 6) is -0.646. The lowest BCUT2D eigenvalue weighted by Gasteiger charge is -2.41. The lowest BCUT2D eigenvalue weighted by molar-refractivity contribution is -0.138. The lowest BCUT2D eigenvalue weighted by atomic mass is 9.90. The highest BCUT2D eigenvalue weighted by Crippen LogP contribution is 2.20. The number of hydrogen-bond donors (Lipinski definition) is 4. The average molecular weight is 469 g/mol. The third kappa shape index (κ3) is 6.34. The fraction of sp³-hybridized carbons (Fsp3) is 0.875. The van der Waals surface area contributed by atoms with E-state index in [1.165, 1.54) is 0 Å². The molecule has 2 amide bonds. The summed E-state index contributed by atoms with van der Waals surface area (Å²) in [5.41, 5.74) is 0. The van der Waals surface area contributed by atoms with Gasteiger partial charge in [-0.3, -0.25) is 18.0 Å². The van der Waals surface area contributed by atoms with Crippen molar-refractivity contribution in [1.82, 2.24) is 21.3 Å². The minimum Gasteiger partial charge on any atom is -0.341 e. The number of carbonyl (C=O) groups excluding carboxylic acids is 2. The molecule has 14 heteroatoms. The number of amides is 2. The molecule has 30 heavy (non-hydrogen) atoms. The normalized spacial score (nSPS) is 36.1. The molecule has 6 atom stereocenters. The highest BCUT2D eigenvalue weighted by Gasteiger charge is 2.43. The van der Waals surface area contributed by atoms with Crippen molar-refractivity contribution in [2.45, 2.75) is 62.1 Å². The van der Waals surface area contributed by atoms with E-state index in [-0.39, 0.29) is 37.0 Å². The quantitative estimate of drug-likeness (QED) is 0.298. The first-order valence-electron chi connectivity index (χ1n) is 9.75. The molecule has 0 bridgehead atoms. The van der Waals surface area contributed by atoms with Crippen LogP contribution >= 0.6 is 0 Å². The molecule has 0 aromatic rings. The van der Waals surface area contributed by atoms with Crippen molar-refractivity contribution in [2.75, 3.05) is 25.6 Å². The summed E-state index contributed by atoms with van der Waals surface area (Å²) < 4.78 is 54.9. The van der Waals surface area contributed by atoms with Crippen molar-refractivity contribution in [1.29, 1.82) is 0 Å². The minimum absolute atomic E-state index is 0.257. The summed E-state index contributed by atoms with van der Waals surface area (Å²) >= 11 is 0. The van der Waals surface area contributed by atoms with Gasteiger partial charge in [-0.05, 0) is 25.7 Å². The van der Waals surface area contributed by atoms with Gasteiger partial charge in [0.1, 0.15) is 12.1 Å². The van der Waals surface area contributed by atoms with Crippen LogP contribution in [0, 0.1) is 0 Å². The molecule has 0 saturated carbocycles. The second-order valence-corrected chi connectivity index (χ2v) is 11.2. The molecule has 0 aromatic heterocycles. The molecule has 12 nitrogen and oxygen atoms in total. The first-order valence-corrected chi connectivity index (χ1v) is 13.4. The van der Waals surface area contributed by atoms with Crippen LogP contribution in [-0.2, 0) is 38.2 Å². The topological polar surface area (TPSA) is 169 Å². The maximum Gasteiger partial charge on any atom is 0.264 e. The predicted octanol–water partition coefficient (Wildman–Crippen LogP) is -2.84. The van der Waals surface area contributed by atoms with Crippen LogP contribution in [-0.4, -0.2) is 90.6 Å². The Labute approximate surface area is 176 Å². The summed E-state index contributed by atoms with van der Waals surface area (Å²) in [6, 6.07) is -2.20. The van der Waals surface area contributed by atoms with Crippen molar-refractivity contribution in [3.8, 4) is 0 Å². The Hall–Kier alpha value is -1.32. The van der Waals surface area contributed by atoms with E-state index in [0.29, 0.717) is 25.7 Å². The summed E-state index contributed by atoms with van der Waals surface area (Å²) in [6.45, 7) is 0.513. The van der Waals surface area contributed by atoms with Gasteiger partial charge in [0.2, 0.25) is 11.8 Å². The SMILES string of the molecule is CS(=O)(=O)OC1CCC(C2NC(=O)C(C3CCC(OS(C)(=O)=O)CN3)NC2=O)NC1. The first kappa shape index (κ1) is 23.3. The molecule has 3 heterocycles. The van der Waals surface area contributed by atoms with Crippen LogP contribution in [0.3, 0.4) is 0 Å². The molecule has 3 aliphatic rings. The van der Waals surface area contributed by atoms with E-state index in [1.807, 2.05) is 0 Å². The van der Waals surface area contributed by atoms with Gasteiger partial charge in [0.15, 0.2) is 0 Å². The van der Waals surface area contributed by atoms with Gasteiger partial charge in [-0.25, -0.2) is 0 Å². The smallest absolute Gasteiger partial charge is 0.264 e. The van der Waals surface area contributed by atoms with E-state index < -0.39 is 44.5 Å². The number of nitrogens with one attached hydrogen (secondary N) is 4. The van der Waals surface area contributed by atoms with Gasteiger partial charge in [0.25, 0.3) is 20.2 Å². The second kappa shape index (κ2) is 9.04. The molecule has 4 N–H and O–H groups in total. The summed E-state index contributed by atoms with van der Waals surface area (Å²) in [7, 11) is -7.12. The highest BCUT2D eigenvalue weighted by molar-refractivity contribution is 7.86. The predicted molar refractivity (Wildman–Crippen MR) is 105 cm³/mol. The van der Waals surface area contributed by atoms with Crippen LogP contribution in [0.5, 0.6) is 0 Å². The van der Waals surface area contributed by atoms with E-state index in [9.17, 15) is 26.4 Å². The largest absolute Gasteiger partial charge is 0.341 e. The van der Waals surface area contributed by atoms with Gasteiger partial charge in [-0.15, -0.1) is 0 Å². The molecular formula is C16H28N4O8S2. The van der Waals surface area contributed by atoms with Gasteiger partial charge in [0, 0.05) is 25.2 Å². The Morgan fingerprint density at radius 3 is 1.33 bits per heavy atom. The lowest BCUT2D eigenvalue weighted by Crippen LogP contribution is -2.72. The summed E-state index contributed by atoms with van der Waals surface area (Å²) in [4.78, 5) is 25.3. The van der Waals surface area contributed by atoms with Crippen LogP contribution in [0.2, 0.25) is 0 Å². The molecule has 3 fully saturated rings.